The van der Waals surface area contributed by atoms with Crippen LogP contribution in [0.1, 0.15) is 31.7 Å². The summed E-state index contributed by atoms with van der Waals surface area (Å²) in [7, 11) is 0. The molecule has 2 amide bonds. The van der Waals surface area contributed by atoms with Gasteiger partial charge in [0.1, 0.15) is 6.54 Å². The molecule has 1 aromatic rings. The molecule has 0 aliphatic rings. The molecule has 0 fully saturated rings. The fourth-order valence-corrected chi connectivity index (χ4v) is 2.54. The van der Waals surface area contributed by atoms with Crippen LogP contribution in [0.2, 0.25) is 0 Å². The lowest BCUT2D eigenvalue weighted by Gasteiger charge is -2.21. The number of esters is 1. The second kappa shape index (κ2) is 7.78. The highest BCUT2D eigenvalue weighted by Gasteiger charge is 2.19. The second-order valence-corrected chi connectivity index (χ2v) is 5.35. The third-order valence-corrected chi connectivity index (χ3v) is 3.46. The molecular weight excluding hydrogens is 264 g/mol. The van der Waals surface area contributed by atoms with Gasteiger partial charge in [0, 0.05) is 4.88 Å². The lowest BCUT2D eigenvalue weighted by molar-refractivity contribution is -0.141. The molecule has 0 spiro atoms. The van der Waals surface area contributed by atoms with Crippen LogP contribution in [0.15, 0.2) is 17.5 Å². The van der Waals surface area contributed by atoms with Crippen molar-refractivity contribution in [2.24, 2.45) is 5.92 Å². The summed E-state index contributed by atoms with van der Waals surface area (Å²) in [6, 6.07) is 3.52. The van der Waals surface area contributed by atoms with Gasteiger partial charge in [0.05, 0.1) is 12.6 Å². The first kappa shape index (κ1) is 15.5. The van der Waals surface area contributed by atoms with Crippen molar-refractivity contribution in [3.05, 3.63) is 22.4 Å². The fraction of sp³-hybridized carbons (Fsp3) is 0.538. The summed E-state index contributed by atoms with van der Waals surface area (Å²) in [6.45, 7) is 6.00. The zero-order chi connectivity index (χ0) is 14.3. The van der Waals surface area contributed by atoms with E-state index < -0.39 is 5.97 Å². The van der Waals surface area contributed by atoms with E-state index in [4.69, 9.17) is 4.74 Å². The Morgan fingerprint density at radius 2 is 2.16 bits per heavy atom. The number of hydrogen-bond donors (Lipinski definition) is 2. The van der Waals surface area contributed by atoms with E-state index >= 15 is 0 Å². The molecule has 0 aromatic carbocycles. The molecule has 1 heterocycles. The number of carbonyl (C=O) groups excluding carboxylic acids is 2. The predicted octanol–water partition coefficient (Wildman–Crippen LogP) is 2.31. The van der Waals surface area contributed by atoms with Crippen molar-refractivity contribution in [1.82, 2.24) is 10.6 Å². The van der Waals surface area contributed by atoms with E-state index in [1.807, 2.05) is 31.4 Å². The minimum absolute atomic E-state index is 0.0535. The van der Waals surface area contributed by atoms with Crippen LogP contribution in [0.25, 0.3) is 0 Å². The van der Waals surface area contributed by atoms with Crippen molar-refractivity contribution >= 4 is 23.3 Å². The Labute approximate surface area is 117 Å². The van der Waals surface area contributed by atoms with Gasteiger partial charge in [-0.05, 0) is 24.3 Å². The van der Waals surface area contributed by atoms with Crippen LogP contribution < -0.4 is 10.6 Å². The van der Waals surface area contributed by atoms with E-state index in [2.05, 4.69) is 10.6 Å². The summed E-state index contributed by atoms with van der Waals surface area (Å²) in [6.07, 6.45) is 0. The molecule has 1 unspecified atom stereocenters. The summed E-state index contributed by atoms with van der Waals surface area (Å²) >= 11 is 1.60. The Hall–Kier alpha value is -1.56. The molecule has 0 bridgehead atoms. The molecule has 0 aliphatic heterocycles. The first-order chi connectivity index (χ1) is 9.04. The number of nitrogens with one attached hydrogen (secondary N) is 2. The summed E-state index contributed by atoms with van der Waals surface area (Å²) < 4.78 is 4.74. The first-order valence-electron chi connectivity index (χ1n) is 6.28. The van der Waals surface area contributed by atoms with Crippen LogP contribution in [0.5, 0.6) is 0 Å². The molecule has 19 heavy (non-hydrogen) atoms. The van der Waals surface area contributed by atoms with Crippen molar-refractivity contribution in [1.29, 1.82) is 0 Å². The topological polar surface area (TPSA) is 67.4 Å². The van der Waals surface area contributed by atoms with E-state index in [9.17, 15) is 9.59 Å². The van der Waals surface area contributed by atoms with Gasteiger partial charge in [0.2, 0.25) is 0 Å². The Morgan fingerprint density at radius 1 is 1.42 bits per heavy atom. The quantitative estimate of drug-likeness (QED) is 0.788. The molecule has 5 nitrogen and oxygen atoms in total. The maximum absolute atomic E-state index is 11.7. The van der Waals surface area contributed by atoms with Gasteiger partial charge in [-0.15, -0.1) is 11.3 Å². The Bertz CT molecular complexity index is 404. The van der Waals surface area contributed by atoms with Crippen molar-refractivity contribution in [3.8, 4) is 0 Å². The molecule has 106 valence electrons. The normalized spacial score (nSPS) is 12.0. The van der Waals surface area contributed by atoms with Crippen LogP contribution in [0, 0.1) is 5.92 Å². The van der Waals surface area contributed by atoms with Crippen LogP contribution in [-0.4, -0.2) is 25.2 Å². The molecule has 0 saturated heterocycles. The predicted molar refractivity (Wildman–Crippen MR) is 75.1 cm³/mol. The highest BCUT2D eigenvalue weighted by molar-refractivity contribution is 7.10. The van der Waals surface area contributed by atoms with Gasteiger partial charge in [0.25, 0.3) is 0 Å². The zero-order valence-electron chi connectivity index (χ0n) is 11.4. The Morgan fingerprint density at radius 3 is 2.68 bits per heavy atom. The molecule has 0 aliphatic carbocycles. The lowest BCUT2D eigenvalue weighted by atomic mass is 10.0. The van der Waals surface area contributed by atoms with E-state index in [0.29, 0.717) is 6.61 Å². The summed E-state index contributed by atoms with van der Waals surface area (Å²) in [5, 5.41) is 7.34. The largest absolute Gasteiger partial charge is 0.465 e. The van der Waals surface area contributed by atoms with Crippen molar-refractivity contribution in [3.63, 3.8) is 0 Å². The van der Waals surface area contributed by atoms with Gasteiger partial charge in [0.15, 0.2) is 0 Å². The lowest BCUT2D eigenvalue weighted by Crippen LogP contribution is -2.41. The molecule has 0 saturated carbocycles. The summed E-state index contributed by atoms with van der Waals surface area (Å²) in [5.41, 5.74) is 0. The van der Waals surface area contributed by atoms with Gasteiger partial charge in [-0.1, -0.05) is 19.9 Å². The van der Waals surface area contributed by atoms with Crippen molar-refractivity contribution in [2.45, 2.75) is 26.8 Å². The van der Waals surface area contributed by atoms with Crippen molar-refractivity contribution in [2.75, 3.05) is 13.2 Å². The van der Waals surface area contributed by atoms with Crippen LogP contribution in [-0.2, 0) is 9.53 Å². The molecule has 1 atom stereocenters. The second-order valence-electron chi connectivity index (χ2n) is 4.37. The minimum Gasteiger partial charge on any atom is -0.465 e. The minimum atomic E-state index is -0.435. The van der Waals surface area contributed by atoms with Gasteiger partial charge in [-0.3, -0.25) is 4.79 Å². The van der Waals surface area contributed by atoms with Crippen LogP contribution in [0.4, 0.5) is 4.79 Å². The van der Waals surface area contributed by atoms with Gasteiger partial charge < -0.3 is 15.4 Å². The van der Waals surface area contributed by atoms with E-state index in [0.717, 1.165) is 4.88 Å². The highest BCUT2D eigenvalue weighted by Crippen LogP contribution is 2.25. The van der Waals surface area contributed by atoms with Gasteiger partial charge >= 0.3 is 12.0 Å². The molecule has 1 rings (SSSR count). The monoisotopic (exact) mass is 284 g/mol. The molecule has 6 heteroatoms. The standard InChI is InChI=1S/C13H20N2O3S/c1-4-18-11(16)8-14-13(17)15-12(9(2)3)10-6-5-7-19-10/h5-7,9,12H,4,8H2,1-3H3,(H2,14,15,17). The number of amides is 2. The van der Waals surface area contributed by atoms with Crippen LogP contribution in [0.3, 0.4) is 0 Å². The summed E-state index contributed by atoms with van der Waals surface area (Å²) in [4.78, 5) is 24.0. The van der Waals surface area contributed by atoms with E-state index in [1.54, 1.807) is 18.3 Å². The molecule has 1 aromatic heterocycles. The number of rotatable bonds is 6. The Balaban J connectivity index is 2.47. The third-order valence-electron chi connectivity index (χ3n) is 2.50. The maximum atomic E-state index is 11.7. The van der Waals surface area contributed by atoms with Crippen LogP contribution >= 0.6 is 11.3 Å². The first-order valence-corrected chi connectivity index (χ1v) is 7.16. The summed E-state index contributed by atoms with van der Waals surface area (Å²) in [5.74, 6) is -0.165. The molecule has 0 radical (unpaired) electrons. The number of urea groups is 1. The molecule has 2 N–H and O–H groups in total. The van der Waals surface area contributed by atoms with E-state index in [-0.39, 0.29) is 24.5 Å². The van der Waals surface area contributed by atoms with Gasteiger partial charge in [-0.2, -0.15) is 0 Å². The Kier molecular flexibility index (Phi) is 6.35. The average Bonchev–Trinajstić information content (AvgIpc) is 2.87. The number of thiophene rings is 1. The van der Waals surface area contributed by atoms with E-state index in [1.165, 1.54) is 0 Å². The highest BCUT2D eigenvalue weighted by atomic mass is 32.1. The third kappa shape index (κ3) is 5.30. The molecular formula is C13H20N2O3S. The zero-order valence-corrected chi connectivity index (χ0v) is 12.3. The fourth-order valence-electron chi connectivity index (χ4n) is 1.59. The SMILES string of the molecule is CCOC(=O)CNC(=O)NC(c1cccs1)C(C)C. The maximum Gasteiger partial charge on any atom is 0.325 e. The number of hydrogen-bond acceptors (Lipinski definition) is 4. The van der Waals surface area contributed by atoms with Gasteiger partial charge in [-0.25, -0.2) is 4.79 Å². The average molecular weight is 284 g/mol. The van der Waals surface area contributed by atoms with Crippen molar-refractivity contribution < 1.29 is 14.3 Å². The smallest absolute Gasteiger partial charge is 0.325 e. The number of carbonyl (C=O) groups is 2. The number of ether oxygens (including phenoxy) is 1.